The van der Waals surface area contributed by atoms with Gasteiger partial charge in [0.1, 0.15) is 12.7 Å². The summed E-state index contributed by atoms with van der Waals surface area (Å²) in [5.41, 5.74) is 0. The van der Waals surface area contributed by atoms with Crippen LogP contribution in [0, 0.1) is 11.8 Å². The van der Waals surface area contributed by atoms with Crippen molar-refractivity contribution >= 4 is 25.5 Å². The summed E-state index contributed by atoms with van der Waals surface area (Å²) in [7, 11) is -4.67. The Morgan fingerprint density at radius 2 is 1.44 bits per heavy atom. The molecule has 13 heteroatoms. The second kappa shape index (κ2) is 34.0. The minimum Gasteiger partial charge on any atom is -0.462 e. The number of aliphatic hydroxyl groups is 3. The van der Waals surface area contributed by atoms with Crippen LogP contribution in [0.15, 0.2) is 72.9 Å². The smallest absolute Gasteiger partial charge is 0.462 e. The molecule has 1 aliphatic rings. The second-order valence-corrected chi connectivity index (χ2v) is 15.7. The van der Waals surface area contributed by atoms with Gasteiger partial charge in [-0.3, -0.25) is 23.4 Å². The van der Waals surface area contributed by atoms with Crippen LogP contribution in [0.25, 0.3) is 0 Å². The molecule has 0 aromatic heterocycles. The lowest BCUT2D eigenvalue weighted by atomic mass is 9.90. The van der Waals surface area contributed by atoms with Gasteiger partial charge in [-0.05, 0) is 76.2 Å². The molecular weight excluding hydrogens is 751 g/mol. The van der Waals surface area contributed by atoms with Crippen LogP contribution in [0.2, 0.25) is 0 Å². The van der Waals surface area contributed by atoms with Crippen LogP contribution >= 0.6 is 7.82 Å². The van der Waals surface area contributed by atoms with Crippen LogP contribution in [0.1, 0.15) is 129 Å². The summed E-state index contributed by atoms with van der Waals surface area (Å²) in [5.74, 6) is -1.37. The summed E-state index contributed by atoms with van der Waals surface area (Å²) in [6.07, 6.45) is 35.0. The molecule has 1 aliphatic carbocycles. The third kappa shape index (κ3) is 29.0. The summed E-state index contributed by atoms with van der Waals surface area (Å²) < 4.78 is 32.6. The highest BCUT2D eigenvalue weighted by molar-refractivity contribution is 7.47. The fourth-order valence-electron chi connectivity index (χ4n) is 5.76. The van der Waals surface area contributed by atoms with Crippen LogP contribution in [-0.4, -0.2) is 82.7 Å². The van der Waals surface area contributed by atoms with Crippen molar-refractivity contribution < 1.29 is 57.7 Å². The highest BCUT2D eigenvalue weighted by atomic mass is 31.2. The van der Waals surface area contributed by atoms with E-state index >= 15 is 0 Å². The molecular formula is C44H71O12P. The normalized spacial score (nSPS) is 18.7. The Balaban J connectivity index is 2.47. The summed E-state index contributed by atoms with van der Waals surface area (Å²) in [6.45, 7) is 1.89. The number of allylic oxidation sites excluding steroid dienone is 11. The Labute approximate surface area is 341 Å². The lowest BCUT2D eigenvalue weighted by molar-refractivity contribution is -0.161. The van der Waals surface area contributed by atoms with E-state index in [1.54, 1.807) is 12.2 Å². The number of ether oxygens (including phenoxy) is 2. The Morgan fingerprint density at radius 3 is 2.18 bits per heavy atom. The Bertz CT molecular complexity index is 1320. The van der Waals surface area contributed by atoms with Crippen LogP contribution in [0.3, 0.4) is 0 Å². The first-order valence-electron chi connectivity index (χ1n) is 21.0. The molecule has 1 rings (SSSR count). The minimum absolute atomic E-state index is 0.00711. The Hall–Kier alpha value is -2.96. The largest absolute Gasteiger partial charge is 0.472 e. The molecule has 57 heavy (non-hydrogen) atoms. The molecule has 1 unspecified atom stereocenters. The molecule has 324 valence electrons. The van der Waals surface area contributed by atoms with Crippen LogP contribution in [0.4, 0.5) is 0 Å². The molecule has 12 nitrogen and oxygen atoms in total. The van der Waals surface area contributed by atoms with E-state index in [1.807, 2.05) is 24.3 Å². The average Bonchev–Trinajstić information content (AvgIpc) is 3.55. The Morgan fingerprint density at radius 1 is 0.789 bits per heavy atom. The number of aliphatic hydroxyl groups excluding tert-OH is 3. The van der Waals surface area contributed by atoms with Crippen molar-refractivity contribution in [2.75, 3.05) is 26.4 Å². The molecule has 0 aromatic carbocycles. The number of phosphoric ester groups is 1. The van der Waals surface area contributed by atoms with Gasteiger partial charge in [-0.15, -0.1) is 0 Å². The van der Waals surface area contributed by atoms with E-state index in [0.717, 1.165) is 70.6 Å². The van der Waals surface area contributed by atoms with E-state index in [4.69, 9.17) is 19.1 Å². The highest BCUT2D eigenvalue weighted by Gasteiger charge is 2.28. The maximum atomic E-state index is 12.6. The summed E-state index contributed by atoms with van der Waals surface area (Å²) in [6, 6.07) is 0. The number of carbonyl (C=O) groups is 3. The molecule has 0 saturated carbocycles. The van der Waals surface area contributed by atoms with Crippen molar-refractivity contribution in [2.45, 2.75) is 148 Å². The summed E-state index contributed by atoms with van der Waals surface area (Å²) in [4.78, 5) is 47.5. The van der Waals surface area contributed by atoms with Crippen molar-refractivity contribution in [1.82, 2.24) is 0 Å². The van der Waals surface area contributed by atoms with Crippen LogP contribution < -0.4 is 0 Å². The molecule has 0 aromatic rings. The average molecular weight is 823 g/mol. The Kier molecular flexibility index (Phi) is 31.0. The van der Waals surface area contributed by atoms with Crippen molar-refractivity contribution in [1.29, 1.82) is 0 Å². The van der Waals surface area contributed by atoms with E-state index in [2.05, 4.69) is 54.8 Å². The summed E-state index contributed by atoms with van der Waals surface area (Å²) in [5, 5.41) is 28.5. The van der Waals surface area contributed by atoms with Crippen molar-refractivity contribution in [2.24, 2.45) is 11.8 Å². The second-order valence-electron chi connectivity index (χ2n) is 14.3. The SMILES string of the molecule is CC/C=C\C/C=C\C/C=C\CCCCCCCC(=O)O[C@H](COC(=O)CCC/C=C\C[C@H]1C=CC(=O)[C@@H]1/C=C/[C@@H](O)CCCCC)COP(=O)(O)OC[C@@H](O)CO. The maximum absolute atomic E-state index is 12.6. The topological polar surface area (TPSA) is 186 Å². The van der Waals surface area contributed by atoms with Crippen LogP contribution in [-0.2, 0) is 37.5 Å². The number of esters is 2. The van der Waals surface area contributed by atoms with Gasteiger partial charge in [-0.25, -0.2) is 4.57 Å². The quantitative estimate of drug-likeness (QED) is 0.0207. The van der Waals surface area contributed by atoms with Crippen LogP contribution in [0.5, 0.6) is 0 Å². The molecule has 0 bridgehead atoms. The van der Waals surface area contributed by atoms with E-state index in [0.29, 0.717) is 32.1 Å². The molecule has 0 heterocycles. The number of phosphoric acid groups is 1. The zero-order chi connectivity index (χ0) is 42.0. The first-order valence-corrected chi connectivity index (χ1v) is 22.4. The molecule has 0 radical (unpaired) electrons. The molecule has 0 aliphatic heterocycles. The fourth-order valence-corrected chi connectivity index (χ4v) is 6.55. The van der Waals surface area contributed by atoms with Gasteiger partial charge in [0.25, 0.3) is 0 Å². The maximum Gasteiger partial charge on any atom is 0.472 e. The number of hydrogen-bond acceptors (Lipinski definition) is 11. The molecule has 6 atom stereocenters. The molecule has 0 fully saturated rings. The van der Waals surface area contributed by atoms with Gasteiger partial charge in [0.2, 0.25) is 0 Å². The van der Waals surface area contributed by atoms with Crippen molar-refractivity contribution in [3.63, 3.8) is 0 Å². The molecule has 4 N–H and O–H groups in total. The third-order valence-electron chi connectivity index (χ3n) is 9.09. The summed E-state index contributed by atoms with van der Waals surface area (Å²) >= 11 is 0. The van der Waals surface area contributed by atoms with Gasteiger partial charge in [0.05, 0.1) is 25.9 Å². The number of ketones is 1. The van der Waals surface area contributed by atoms with Gasteiger partial charge >= 0.3 is 19.8 Å². The predicted molar refractivity (Wildman–Crippen MR) is 223 cm³/mol. The van der Waals surface area contributed by atoms with Gasteiger partial charge in [0, 0.05) is 18.8 Å². The first-order chi connectivity index (χ1) is 27.5. The van der Waals surface area contributed by atoms with E-state index < -0.39 is 64.5 Å². The predicted octanol–water partition coefficient (Wildman–Crippen LogP) is 8.50. The van der Waals surface area contributed by atoms with E-state index in [-0.39, 0.29) is 30.5 Å². The zero-order valence-electron chi connectivity index (χ0n) is 34.4. The first kappa shape index (κ1) is 52.1. The van der Waals surface area contributed by atoms with E-state index in [9.17, 15) is 34.1 Å². The van der Waals surface area contributed by atoms with Crippen molar-refractivity contribution in [3.8, 4) is 0 Å². The highest BCUT2D eigenvalue weighted by Crippen LogP contribution is 2.43. The number of unbranched alkanes of at least 4 members (excludes halogenated alkanes) is 8. The molecule has 0 spiro atoms. The van der Waals surface area contributed by atoms with Gasteiger partial charge in [-0.1, -0.05) is 119 Å². The standard InChI is InChI=1S/C44H71O12P/c1-3-5-7-8-9-10-11-12-13-14-15-16-17-18-24-28-44(50)56-40(36-55-57(51,52)54-34-39(47)33-45)35-53-43(49)27-23-20-19-22-25-37-29-32-42(48)41(37)31-30-38(46)26-21-6-4-2/h5,7,9-10,12-13,19,22,29-32,37-41,45-47H,3-4,6,8,11,14-18,20-21,23-28,33-36H2,1-2H3,(H,51,52)/b7-5-,10-9-,13-12-,22-19-,31-30+/t37-,38-,39-,40+,41+/m0/s1. The monoisotopic (exact) mass is 822 g/mol. The van der Waals surface area contributed by atoms with E-state index in [1.165, 1.54) is 0 Å². The molecule has 0 amide bonds. The molecule has 0 saturated heterocycles. The van der Waals surface area contributed by atoms with Crippen molar-refractivity contribution in [3.05, 3.63) is 72.9 Å². The number of carbonyl (C=O) groups excluding carboxylic acids is 3. The minimum atomic E-state index is -4.67. The lowest BCUT2D eigenvalue weighted by Crippen LogP contribution is -2.29. The van der Waals surface area contributed by atoms with Gasteiger partial charge in [-0.2, -0.15) is 0 Å². The van der Waals surface area contributed by atoms with Gasteiger partial charge < -0.3 is 29.7 Å². The number of hydrogen-bond donors (Lipinski definition) is 4. The zero-order valence-corrected chi connectivity index (χ0v) is 35.3. The number of rotatable bonds is 35. The fraction of sp³-hybridized carbons (Fsp3) is 0.659. The lowest BCUT2D eigenvalue weighted by Gasteiger charge is -2.20. The van der Waals surface area contributed by atoms with Gasteiger partial charge in [0.15, 0.2) is 11.9 Å². The third-order valence-corrected chi connectivity index (χ3v) is 10.0.